The zero-order chi connectivity index (χ0) is 21.6. The molecule has 0 radical (unpaired) electrons. The molecule has 2 aromatic carbocycles. The number of carbonyl (C=O) groups is 1. The van der Waals surface area contributed by atoms with Gasteiger partial charge in [-0.1, -0.05) is 29.8 Å². The molecule has 0 aromatic heterocycles. The third kappa shape index (κ3) is 6.11. The number of halogens is 1. The van der Waals surface area contributed by atoms with Crippen molar-refractivity contribution in [2.75, 3.05) is 28.6 Å². The van der Waals surface area contributed by atoms with Crippen molar-refractivity contribution >= 4 is 38.9 Å². The first kappa shape index (κ1) is 23.0. The summed E-state index contributed by atoms with van der Waals surface area (Å²) in [5, 5.41) is 3.22. The molecule has 0 heterocycles. The molecule has 6 nitrogen and oxygen atoms in total. The molecule has 0 saturated heterocycles. The van der Waals surface area contributed by atoms with Gasteiger partial charge in [-0.2, -0.15) is 0 Å². The number of sulfonamides is 1. The molecule has 0 saturated carbocycles. The molecule has 1 amide bonds. The normalized spacial score (nSPS) is 12.3. The lowest BCUT2D eigenvalue weighted by Gasteiger charge is -2.28. The van der Waals surface area contributed by atoms with Gasteiger partial charge in [0.15, 0.2) is 0 Å². The lowest BCUT2D eigenvalue weighted by Crippen LogP contribution is -2.47. The summed E-state index contributed by atoms with van der Waals surface area (Å²) < 4.78 is 25.7. The smallest absolute Gasteiger partial charge is 0.243 e. The van der Waals surface area contributed by atoms with Gasteiger partial charge in [0.1, 0.15) is 6.04 Å². The van der Waals surface area contributed by atoms with Gasteiger partial charge in [-0.25, -0.2) is 8.42 Å². The van der Waals surface area contributed by atoms with Crippen molar-refractivity contribution in [3.05, 3.63) is 59.1 Å². The monoisotopic (exact) mass is 437 g/mol. The Balaban J connectivity index is 2.10. The van der Waals surface area contributed by atoms with Crippen molar-refractivity contribution in [3.63, 3.8) is 0 Å². The minimum atomic E-state index is -3.67. The van der Waals surface area contributed by atoms with Crippen LogP contribution in [0.3, 0.4) is 0 Å². The Kier molecular flexibility index (Phi) is 7.93. The fourth-order valence-corrected chi connectivity index (χ4v) is 4.52. The zero-order valence-electron chi connectivity index (χ0n) is 17.2. The highest BCUT2D eigenvalue weighted by molar-refractivity contribution is 7.92. The first-order chi connectivity index (χ1) is 13.7. The van der Waals surface area contributed by atoms with Gasteiger partial charge in [0, 0.05) is 30.3 Å². The number of carbonyl (C=O) groups excluding carboxylic acids is 1. The van der Waals surface area contributed by atoms with Crippen molar-refractivity contribution in [1.82, 2.24) is 5.32 Å². The second kappa shape index (κ2) is 9.98. The Labute approximate surface area is 178 Å². The molecular formula is C21H28ClN3O3S. The van der Waals surface area contributed by atoms with Crippen LogP contribution in [0, 0.1) is 0 Å². The van der Waals surface area contributed by atoms with Crippen LogP contribution in [0.4, 0.5) is 11.4 Å². The van der Waals surface area contributed by atoms with E-state index in [4.69, 9.17) is 11.6 Å². The zero-order valence-corrected chi connectivity index (χ0v) is 18.8. The van der Waals surface area contributed by atoms with Gasteiger partial charge in [-0.15, -0.1) is 0 Å². The van der Waals surface area contributed by atoms with Crippen molar-refractivity contribution < 1.29 is 13.2 Å². The minimum Gasteiger partial charge on any atom is -0.372 e. The van der Waals surface area contributed by atoms with Gasteiger partial charge in [0.25, 0.3) is 0 Å². The van der Waals surface area contributed by atoms with Gasteiger partial charge < -0.3 is 10.2 Å². The lowest BCUT2D eigenvalue weighted by molar-refractivity contribution is -0.122. The van der Waals surface area contributed by atoms with E-state index in [1.807, 2.05) is 24.3 Å². The van der Waals surface area contributed by atoms with Crippen molar-refractivity contribution in [1.29, 1.82) is 0 Å². The van der Waals surface area contributed by atoms with E-state index >= 15 is 0 Å². The molecule has 0 spiro atoms. The molecular weight excluding hydrogens is 410 g/mol. The van der Waals surface area contributed by atoms with Crippen molar-refractivity contribution in [2.45, 2.75) is 33.4 Å². The van der Waals surface area contributed by atoms with Gasteiger partial charge in [-0.05, 0) is 56.7 Å². The average Bonchev–Trinajstić information content (AvgIpc) is 2.67. The van der Waals surface area contributed by atoms with Gasteiger partial charge in [0.2, 0.25) is 15.9 Å². The SMILES string of the molecule is CCN(CC)c1ccc(CNC(=O)[C@@H](C)N(c2cccc(Cl)c2)S(C)(=O)=O)cc1. The maximum Gasteiger partial charge on any atom is 0.243 e. The fraction of sp³-hybridized carbons (Fsp3) is 0.381. The highest BCUT2D eigenvalue weighted by atomic mass is 35.5. The second-order valence-electron chi connectivity index (χ2n) is 6.77. The van der Waals surface area contributed by atoms with Crippen LogP contribution in [0.5, 0.6) is 0 Å². The standard InChI is InChI=1S/C21H28ClN3O3S/c1-5-24(6-2)19-12-10-17(11-13-19)15-23-21(26)16(3)25(29(4,27)28)20-9-7-8-18(22)14-20/h7-14,16H,5-6,15H2,1-4H3,(H,23,26)/t16-/m1/s1. The molecule has 0 bridgehead atoms. The number of nitrogens with one attached hydrogen (secondary N) is 1. The minimum absolute atomic E-state index is 0.314. The highest BCUT2D eigenvalue weighted by Crippen LogP contribution is 2.24. The van der Waals surface area contributed by atoms with E-state index in [1.54, 1.807) is 25.1 Å². The van der Waals surface area contributed by atoms with Crippen LogP contribution < -0.4 is 14.5 Å². The summed E-state index contributed by atoms with van der Waals surface area (Å²) in [6.07, 6.45) is 1.07. The van der Waals surface area contributed by atoms with E-state index in [-0.39, 0.29) is 5.91 Å². The Bertz CT molecular complexity index is 928. The largest absolute Gasteiger partial charge is 0.372 e. The van der Waals surface area contributed by atoms with Crippen LogP contribution in [0.2, 0.25) is 5.02 Å². The maximum absolute atomic E-state index is 12.7. The summed E-state index contributed by atoms with van der Waals surface area (Å²) in [6, 6.07) is 13.5. The molecule has 0 aliphatic carbocycles. The summed E-state index contributed by atoms with van der Waals surface area (Å²) in [5.41, 5.74) is 2.42. The van der Waals surface area contributed by atoms with Crippen LogP contribution in [0.1, 0.15) is 26.3 Å². The maximum atomic E-state index is 12.7. The van der Waals surface area contributed by atoms with Crippen LogP contribution in [-0.2, 0) is 21.4 Å². The summed E-state index contributed by atoms with van der Waals surface area (Å²) in [5.74, 6) is -0.386. The first-order valence-corrected chi connectivity index (χ1v) is 11.8. The van der Waals surface area contributed by atoms with Crippen LogP contribution in [-0.4, -0.2) is 39.7 Å². The van der Waals surface area contributed by atoms with E-state index in [2.05, 4.69) is 24.1 Å². The van der Waals surface area contributed by atoms with E-state index in [9.17, 15) is 13.2 Å². The number of hydrogen-bond donors (Lipinski definition) is 1. The predicted molar refractivity (Wildman–Crippen MR) is 120 cm³/mol. The lowest BCUT2D eigenvalue weighted by atomic mass is 10.2. The topological polar surface area (TPSA) is 69.7 Å². The van der Waals surface area contributed by atoms with E-state index < -0.39 is 16.1 Å². The molecule has 2 aromatic rings. The number of benzene rings is 2. The molecule has 29 heavy (non-hydrogen) atoms. The third-order valence-electron chi connectivity index (χ3n) is 4.68. The van der Waals surface area contributed by atoms with E-state index in [1.165, 1.54) is 6.07 Å². The molecule has 8 heteroatoms. The summed E-state index contributed by atoms with van der Waals surface area (Å²) in [7, 11) is -3.67. The molecule has 0 unspecified atom stereocenters. The third-order valence-corrected chi connectivity index (χ3v) is 6.16. The van der Waals surface area contributed by atoms with Crippen molar-refractivity contribution in [3.8, 4) is 0 Å². The number of nitrogens with zero attached hydrogens (tertiary/aromatic N) is 2. The Morgan fingerprint density at radius 2 is 1.69 bits per heavy atom. The Morgan fingerprint density at radius 3 is 2.21 bits per heavy atom. The highest BCUT2D eigenvalue weighted by Gasteiger charge is 2.29. The quantitative estimate of drug-likeness (QED) is 0.650. The summed E-state index contributed by atoms with van der Waals surface area (Å²) in [6.45, 7) is 7.93. The van der Waals surface area contributed by atoms with Crippen molar-refractivity contribution in [2.24, 2.45) is 0 Å². The van der Waals surface area contributed by atoms with Crippen LogP contribution in [0.25, 0.3) is 0 Å². The summed E-state index contributed by atoms with van der Waals surface area (Å²) in [4.78, 5) is 14.9. The Hall–Kier alpha value is -2.25. The number of hydrogen-bond acceptors (Lipinski definition) is 4. The van der Waals surface area contributed by atoms with Gasteiger partial charge in [-0.3, -0.25) is 9.10 Å². The number of rotatable bonds is 9. The molecule has 0 fully saturated rings. The molecule has 2 rings (SSSR count). The predicted octanol–water partition coefficient (Wildman–Crippen LogP) is 3.66. The molecule has 0 aliphatic heterocycles. The number of amides is 1. The van der Waals surface area contributed by atoms with Crippen LogP contribution in [0.15, 0.2) is 48.5 Å². The van der Waals surface area contributed by atoms with E-state index in [0.29, 0.717) is 17.3 Å². The number of anilines is 2. The molecule has 1 N–H and O–H groups in total. The van der Waals surface area contributed by atoms with Gasteiger partial charge >= 0.3 is 0 Å². The first-order valence-electron chi connectivity index (χ1n) is 9.54. The molecule has 158 valence electrons. The van der Waals surface area contributed by atoms with E-state index in [0.717, 1.165) is 34.9 Å². The Morgan fingerprint density at radius 1 is 1.07 bits per heavy atom. The van der Waals surface area contributed by atoms with Crippen LogP contribution >= 0.6 is 11.6 Å². The van der Waals surface area contributed by atoms with Gasteiger partial charge in [0.05, 0.1) is 11.9 Å². The fourth-order valence-electron chi connectivity index (χ4n) is 3.17. The molecule has 0 aliphatic rings. The average molecular weight is 438 g/mol. The second-order valence-corrected chi connectivity index (χ2v) is 9.07. The molecule has 1 atom stereocenters. The summed E-state index contributed by atoms with van der Waals surface area (Å²) >= 11 is 5.99.